The van der Waals surface area contributed by atoms with Gasteiger partial charge in [-0.25, -0.2) is 4.98 Å². The molecule has 0 saturated carbocycles. The fraction of sp³-hybridized carbons (Fsp3) is 0.385. The monoisotopic (exact) mass is 558 g/mol. The average molecular weight is 559 g/mol. The SMILES string of the molecule is CN=C(NCCc1nccn1Cc1ccccc1)NC(C)c1cccc(N2CCCC2)c1.I. The van der Waals surface area contributed by atoms with Gasteiger partial charge in [-0.3, -0.25) is 4.99 Å². The van der Waals surface area contributed by atoms with E-state index in [2.05, 4.69) is 85.5 Å². The number of aromatic nitrogens is 2. The Bertz CT molecular complexity index is 1010. The van der Waals surface area contributed by atoms with E-state index in [1.165, 1.54) is 29.7 Å². The van der Waals surface area contributed by atoms with Crippen LogP contribution in [0.5, 0.6) is 0 Å². The second-order valence-electron chi connectivity index (χ2n) is 8.36. The summed E-state index contributed by atoms with van der Waals surface area (Å²) in [5.74, 6) is 1.88. The summed E-state index contributed by atoms with van der Waals surface area (Å²) in [4.78, 5) is 11.4. The summed E-state index contributed by atoms with van der Waals surface area (Å²) in [6, 6.07) is 19.5. The molecule has 1 aromatic heterocycles. The van der Waals surface area contributed by atoms with Gasteiger partial charge >= 0.3 is 0 Å². The van der Waals surface area contributed by atoms with Crippen LogP contribution in [0.1, 0.15) is 42.8 Å². The van der Waals surface area contributed by atoms with Crippen molar-refractivity contribution in [3.8, 4) is 0 Å². The molecule has 4 rings (SSSR count). The molecule has 1 atom stereocenters. The zero-order valence-electron chi connectivity index (χ0n) is 19.6. The van der Waals surface area contributed by atoms with E-state index >= 15 is 0 Å². The van der Waals surface area contributed by atoms with E-state index in [1.54, 1.807) is 0 Å². The summed E-state index contributed by atoms with van der Waals surface area (Å²) in [5, 5.41) is 6.97. The van der Waals surface area contributed by atoms with E-state index in [1.807, 2.05) is 25.5 Å². The Balaban J connectivity index is 0.00000306. The van der Waals surface area contributed by atoms with Crippen LogP contribution in [0, 0.1) is 0 Å². The molecule has 6 nitrogen and oxygen atoms in total. The molecule has 2 aromatic carbocycles. The van der Waals surface area contributed by atoms with Gasteiger partial charge in [0, 0.05) is 57.7 Å². The maximum atomic E-state index is 4.55. The first kappa shape index (κ1) is 25.1. The molecule has 33 heavy (non-hydrogen) atoms. The Morgan fingerprint density at radius 1 is 1.09 bits per heavy atom. The smallest absolute Gasteiger partial charge is 0.191 e. The topological polar surface area (TPSA) is 57.5 Å². The molecule has 1 aliphatic rings. The van der Waals surface area contributed by atoms with E-state index < -0.39 is 0 Å². The quantitative estimate of drug-likeness (QED) is 0.241. The number of rotatable bonds is 8. The van der Waals surface area contributed by atoms with Crippen molar-refractivity contribution in [2.45, 2.75) is 38.8 Å². The number of guanidine groups is 1. The number of nitrogens with zero attached hydrogens (tertiary/aromatic N) is 4. The minimum atomic E-state index is 0. The predicted molar refractivity (Wildman–Crippen MR) is 148 cm³/mol. The molecule has 7 heteroatoms. The van der Waals surface area contributed by atoms with E-state index in [-0.39, 0.29) is 30.0 Å². The Kier molecular flexibility index (Phi) is 9.60. The Morgan fingerprint density at radius 3 is 2.64 bits per heavy atom. The predicted octanol–water partition coefficient (Wildman–Crippen LogP) is 4.62. The van der Waals surface area contributed by atoms with Crippen molar-refractivity contribution < 1.29 is 0 Å². The lowest BCUT2D eigenvalue weighted by Gasteiger charge is -2.22. The molecule has 1 fully saturated rings. The number of imidazole rings is 1. The highest BCUT2D eigenvalue weighted by Crippen LogP contribution is 2.23. The van der Waals surface area contributed by atoms with E-state index in [9.17, 15) is 0 Å². The van der Waals surface area contributed by atoms with Gasteiger partial charge in [-0.15, -0.1) is 24.0 Å². The highest BCUT2D eigenvalue weighted by molar-refractivity contribution is 14.0. The van der Waals surface area contributed by atoms with Gasteiger partial charge in [0.1, 0.15) is 5.82 Å². The molecule has 0 radical (unpaired) electrons. The van der Waals surface area contributed by atoms with Gasteiger partial charge in [0.25, 0.3) is 0 Å². The van der Waals surface area contributed by atoms with Crippen LogP contribution < -0.4 is 15.5 Å². The first-order valence-electron chi connectivity index (χ1n) is 11.6. The van der Waals surface area contributed by atoms with Crippen molar-refractivity contribution in [3.05, 3.63) is 83.9 Å². The highest BCUT2D eigenvalue weighted by Gasteiger charge is 2.14. The standard InChI is InChI=1S/C26H34N6.HI/c1-21(23-11-8-12-24(19-23)31-16-6-7-17-31)30-26(27-2)29-14-13-25-28-15-18-32(25)20-22-9-4-3-5-10-22;/h3-5,8-12,15,18-19,21H,6-7,13-14,16-17,20H2,1-2H3,(H2,27,29,30);1H. The second-order valence-corrected chi connectivity index (χ2v) is 8.36. The van der Waals surface area contributed by atoms with Crippen LogP contribution in [0.15, 0.2) is 72.0 Å². The molecular weight excluding hydrogens is 523 g/mol. The molecule has 0 aliphatic carbocycles. The first-order chi connectivity index (χ1) is 15.7. The van der Waals surface area contributed by atoms with E-state index in [0.29, 0.717) is 0 Å². The first-order valence-corrected chi connectivity index (χ1v) is 11.6. The Hall–Kier alpha value is -2.55. The highest BCUT2D eigenvalue weighted by atomic mass is 127. The fourth-order valence-corrected chi connectivity index (χ4v) is 4.23. The summed E-state index contributed by atoms with van der Waals surface area (Å²) in [6.45, 7) is 6.12. The van der Waals surface area contributed by atoms with Gasteiger partial charge in [0.05, 0.1) is 6.04 Å². The maximum absolute atomic E-state index is 4.55. The molecule has 0 amide bonds. The summed E-state index contributed by atoms with van der Waals surface area (Å²) in [7, 11) is 1.82. The van der Waals surface area contributed by atoms with Crippen LogP contribution in [0.25, 0.3) is 0 Å². The van der Waals surface area contributed by atoms with E-state index in [0.717, 1.165) is 44.4 Å². The van der Waals surface area contributed by atoms with Crippen LogP contribution >= 0.6 is 24.0 Å². The van der Waals surface area contributed by atoms with Crippen molar-refractivity contribution in [1.82, 2.24) is 20.2 Å². The number of nitrogens with one attached hydrogen (secondary N) is 2. The van der Waals surface area contributed by atoms with Crippen LogP contribution in [0.2, 0.25) is 0 Å². The molecule has 1 unspecified atom stereocenters. The molecule has 3 aromatic rings. The van der Waals surface area contributed by atoms with Crippen molar-refractivity contribution in [2.75, 3.05) is 31.6 Å². The number of hydrogen-bond donors (Lipinski definition) is 2. The summed E-state index contributed by atoms with van der Waals surface area (Å²) in [5.41, 5.74) is 3.87. The molecule has 1 aliphatic heterocycles. The van der Waals surface area contributed by atoms with Gasteiger partial charge < -0.3 is 20.1 Å². The second kappa shape index (κ2) is 12.6. The number of halogens is 1. The average Bonchev–Trinajstić information content (AvgIpc) is 3.52. The zero-order chi connectivity index (χ0) is 22.2. The lowest BCUT2D eigenvalue weighted by molar-refractivity contribution is 0.666. The van der Waals surface area contributed by atoms with Gasteiger partial charge in [0.2, 0.25) is 0 Å². The van der Waals surface area contributed by atoms with Crippen molar-refractivity contribution in [3.63, 3.8) is 0 Å². The third-order valence-electron chi connectivity index (χ3n) is 6.06. The van der Waals surface area contributed by atoms with Gasteiger partial charge in [-0.2, -0.15) is 0 Å². The third-order valence-corrected chi connectivity index (χ3v) is 6.06. The number of aliphatic imine (C=N–C) groups is 1. The molecular formula is C26H35IN6. The normalized spacial score (nSPS) is 14.6. The minimum Gasteiger partial charge on any atom is -0.372 e. The van der Waals surface area contributed by atoms with Crippen molar-refractivity contribution >= 4 is 35.6 Å². The molecule has 0 bridgehead atoms. The lowest BCUT2D eigenvalue weighted by Crippen LogP contribution is -2.39. The van der Waals surface area contributed by atoms with Gasteiger partial charge in [-0.1, -0.05) is 42.5 Å². The van der Waals surface area contributed by atoms with Gasteiger partial charge in [0.15, 0.2) is 5.96 Å². The maximum Gasteiger partial charge on any atom is 0.191 e. The summed E-state index contributed by atoms with van der Waals surface area (Å²) in [6.07, 6.45) is 7.33. The number of hydrogen-bond acceptors (Lipinski definition) is 3. The van der Waals surface area contributed by atoms with Crippen LogP contribution in [0.4, 0.5) is 5.69 Å². The molecule has 1 saturated heterocycles. The minimum absolute atomic E-state index is 0. The van der Waals surface area contributed by atoms with Crippen molar-refractivity contribution in [2.24, 2.45) is 4.99 Å². The lowest BCUT2D eigenvalue weighted by atomic mass is 10.1. The Labute approximate surface area is 214 Å². The largest absolute Gasteiger partial charge is 0.372 e. The Morgan fingerprint density at radius 2 is 1.88 bits per heavy atom. The van der Waals surface area contributed by atoms with E-state index in [4.69, 9.17) is 0 Å². The summed E-state index contributed by atoms with van der Waals surface area (Å²) < 4.78 is 2.21. The molecule has 176 valence electrons. The van der Waals surface area contributed by atoms with Crippen LogP contribution in [0.3, 0.4) is 0 Å². The van der Waals surface area contributed by atoms with Crippen LogP contribution in [-0.2, 0) is 13.0 Å². The zero-order valence-corrected chi connectivity index (χ0v) is 21.9. The summed E-state index contributed by atoms with van der Waals surface area (Å²) >= 11 is 0. The molecule has 2 N–H and O–H groups in total. The number of anilines is 1. The fourth-order valence-electron chi connectivity index (χ4n) is 4.23. The number of benzene rings is 2. The van der Waals surface area contributed by atoms with Gasteiger partial charge in [-0.05, 0) is 43.0 Å². The molecule has 0 spiro atoms. The molecule has 2 heterocycles. The third kappa shape index (κ3) is 6.96. The van der Waals surface area contributed by atoms with Crippen LogP contribution in [-0.4, -0.2) is 42.2 Å². The van der Waals surface area contributed by atoms with Crippen molar-refractivity contribution in [1.29, 1.82) is 0 Å².